The van der Waals surface area contributed by atoms with Gasteiger partial charge in [-0.2, -0.15) is 0 Å². The summed E-state index contributed by atoms with van der Waals surface area (Å²) in [7, 11) is 0.733. The number of morpholine rings is 1. The summed E-state index contributed by atoms with van der Waals surface area (Å²) < 4.78 is 30.9. The third-order valence-electron chi connectivity index (χ3n) is 7.17. The summed E-state index contributed by atoms with van der Waals surface area (Å²) in [5, 5.41) is 0. The minimum Gasteiger partial charge on any atom is -0.473 e. The number of ether oxygens (including phenoxy) is 3. The second kappa shape index (κ2) is 12.4. The molecule has 3 aromatic rings. The van der Waals surface area contributed by atoms with Crippen LogP contribution in [0.3, 0.4) is 0 Å². The smallest absolute Gasteiger partial charge is 0.242 e. The predicted molar refractivity (Wildman–Crippen MR) is 144 cm³/mol. The zero-order valence-electron chi connectivity index (χ0n) is 21.5. The number of pyridine rings is 1. The summed E-state index contributed by atoms with van der Waals surface area (Å²) in [6.07, 6.45) is 7.15. The van der Waals surface area contributed by atoms with Crippen LogP contribution in [0, 0.1) is 0 Å². The van der Waals surface area contributed by atoms with Crippen molar-refractivity contribution in [2.24, 2.45) is 0 Å². The van der Waals surface area contributed by atoms with Gasteiger partial charge in [-0.25, -0.2) is 18.5 Å². The van der Waals surface area contributed by atoms with Gasteiger partial charge in [-0.3, -0.25) is 4.98 Å². The third-order valence-corrected chi connectivity index (χ3v) is 8.23. The fourth-order valence-electron chi connectivity index (χ4n) is 5.03. The van der Waals surface area contributed by atoms with E-state index in [1.165, 1.54) is 5.56 Å². The number of likely N-dealkylation sites (tertiary alicyclic amines) is 1. The predicted octanol–water partition coefficient (Wildman–Crippen LogP) is 2.89. The van der Waals surface area contributed by atoms with Gasteiger partial charge in [-0.1, -0.05) is 24.3 Å². The lowest BCUT2D eigenvalue weighted by molar-refractivity contribution is -0.0240. The van der Waals surface area contributed by atoms with E-state index in [0.29, 0.717) is 43.6 Å². The maximum atomic E-state index is 11.9. The highest BCUT2D eigenvalue weighted by atomic mass is 32.2. The van der Waals surface area contributed by atoms with E-state index >= 15 is 0 Å². The molecule has 1 unspecified atom stereocenters. The van der Waals surface area contributed by atoms with Gasteiger partial charge in [0.1, 0.15) is 12.7 Å². The Morgan fingerprint density at radius 2 is 1.89 bits per heavy atom. The minimum absolute atomic E-state index is 0.185. The first-order valence-electron chi connectivity index (χ1n) is 12.9. The molecule has 9 nitrogen and oxygen atoms in total. The molecule has 2 aliphatic rings. The van der Waals surface area contributed by atoms with Crippen LogP contribution in [0.1, 0.15) is 24.3 Å². The molecular formula is C27H35N5O4S. The van der Waals surface area contributed by atoms with E-state index < -0.39 is 11.0 Å². The molecule has 2 fully saturated rings. The van der Waals surface area contributed by atoms with Crippen molar-refractivity contribution in [3.63, 3.8) is 0 Å². The average Bonchev–Trinajstić information content (AvgIpc) is 2.95. The number of rotatable bonds is 9. The van der Waals surface area contributed by atoms with E-state index in [9.17, 15) is 4.21 Å². The first kappa shape index (κ1) is 26.1. The quantitative estimate of drug-likeness (QED) is 0.421. The molecule has 2 aromatic heterocycles. The van der Waals surface area contributed by atoms with Crippen molar-refractivity contribution in [1.29, 1.82) is 0 Å². The number of methoxy groups -OCH3 is 1. The molecule has 0 bridgehead atoms. The molecule has 1 aromatic carbocycles. The van der Waals surface area contributed by atoms with Crippen LogP contribution in [-0.4, -0.2) is 100 Å². The number of nitrogens with zero attached hydrogens (tertiary/aromatic N) is 5. The summed E-state index contributed by atoms with van der Waals surface area (Å²) in [6.45, 7) is 6.06. The maximum Gasteiger partial charge on any atom is 0.242 e. The van der Waals surface area contributed by atoms with Crippen molar-refractivity contribution in [3.05, 3.63) is 48.3 Å². The van der Waals surface area contributed by atoms with Crippen molar-refractivity contribution in [2.75, 3.05) is 65.9 Å². The molecule has 10 heteroatoms. The molecule has 0 radical (unpaired) electrons. The van der Waals surface area contributed by atoms with Crippen LogP contribution >= 0.6 is 0 Å². The molecule has 4 heterocycles. The Kier molecular flexibility index (Phi) is 8.73. The molecule has 2 saturated heterocycles. The molecule has 0 N–H and O–H groups in total. The van der Waals surface area contributed by atoms with Crippen LogP contribution in [0.4, 0.5) is 0 Å². The summed E-state index contributed by atoms with van der Waals surface area (Å²) in [5.41, 5.74) is 4.54. The van der Waals surface area contributed by atoms with Crippen LogP contribution in [0.5, 0.6) is 5.88 Å². The Hall–Kier alpha value is -2.50. The van der Waals surface area contributed by atoms with Crippen LogP contribution < -0.4 is 4.74 Å². The van der Waals surface area contributed by atoms with Gasteiger partial charge in [0.05, 0.1) is 35.4 Å². The molecule has 0 amide bonds. The van der Waals surface area contributed by atoms with Gasteiger partial charge in [0.25, 0.3) is 0 Å². The Morgan fingerprint density at radius 1 is 1.11 bits per heavy atom. The molecule has 37 heavy (non-hydrogen) atoms. The van der Waals surface area contributed by atoms with E-state index in [1.54, 1.807) is 25.8 Å². The molecule has 0 saturated carbocycles. The van der Waals surface area contributed by atoms with E-state index in [1.807, 2.05) is 10.4 Å². The second-order valence-corrected chi connectivity index (χ2v) is 10.9. The van der Waals surface area contributed by atoms with E-state index in [0.717, 1.165) is 55.9 Å². The van der Waals surface area contributed by atoms with Gasteiger partial charge < -0.3 is 19.1 Å². The lowest BCUT2D eigenvalue weighted by Crippen LogP contribution is -2.45. The third kappa shape index (κ3) is 6.50. The number of benzene rings is 1. The van der Waals surface area contributed by atoms with E-state index in [4.69, 9.17) is 19.2 Å². The lowest BCUT2D eigenvalue weighted by Gasteiger charge is -2.32. The number of piperidine rings is 1. The fraction of sp³-hybridized carbons (Fsp3) is 0.519. The highest BCUT2D eigenvalue weighted by molar-refractivity contribution is 7.81. The van der Waals surface area contributed by atoms with Crippen molar-refractivity contribution in [1.82, 2.24) is 24.2 Å². The van der Waals surface area contributed by atoms with E-state index in [2.05, 4.69) is 39.1 Å². The van der Waals surface area contributed by atoms with Crippen LogP contribution in [0.2, 0.25) is 0 Å². The summed E-state index contributed by atoms with van der Waals surface area (Å²) in [4.78, 5) is 16.3. The Bertz CT molecular complexity index is 1200. The fourth-order valence-corrected chi connectivity index (χ4v) is 5.73. The van der Waals surface area contributed by atoms with Crippen LogP contribution in [0.15, 0.2) is 42.7 Å². The summed E-state index contributed by atoms with van der Waals surface area (Å²) in [6, 6.07) is 10.7. The summed E-state index contributed by atoms with van der Waals surface area (Å²) in [5.74, 6) is 1.01. The standard InChI is InChI=1S/C27H35N5O4S/c1-34-15-13-31-11-7-21(8-12-31)20-3-5-22(6-4-20)24-17-25-26(29-10-9-28-25)27(30-24)36-19-23-18-32(37(2)33)14-16-35-23/h3-6,9-10,17,21,23H,7-8,11-16,18-19H2,1-2H3/t23-,37?/m0/s1. The SMILES string of the molecule is COCCN1CCC(c2ccc(-c3cc4nccnc4c(OC[C@@H]4CN(S(C)=O)CCO4)n3)cc2)CC1. The van der Waals surface area contributed by atoms with Crippen molar-refractivity contribution < 1.29 is 18.4 Å². The lowest BCUT2D eigenvalue weighted by atomic mass is 9.89. The molecule has 0 spiro atoms. The highest BCUT2D eigenvalue weighted by Crippen LogP contribution is 2.31. The van der Waals surface area contributed by atoms with Crippen LogP contribution in [-0.2, 0) is 20.5 Å². The number of hydrogen-bond donors (Lipinski definition) is 0. The van der Waals surface area contributed by atoms with Gasteiger partial charge in [-0.15, -0.1) is 0 Å². The number of hydrogen-bond acceptors (Lipinski definition) is 8. The van der Waals surface area contributed by atoms with Gasteiger partial charge in [-0.05, 0) is 43.5 Å². The summed E-state index contributed by atoms with van der Waals surface area (Å²) >= 11 is 0. The molecule has 0 aliphatic carbocycles. The van der Waals surface area contributed by atoms with E-state index in [-0.39, 0.29) is 6.10 Å². The monoisotopic (exact) mass is 525 g/mol. The largest absolute Gasteiger partial charge is 0.473 e. The van der Waals surface area contributed by atoms with Gasteiger partial charge in [0.2, 0.25) is 5.88 Å². The first-order chi connectivity index (χ1) is 18.1. The molecule has 2 aliphatic heterocycles. The maximum absolute atomic E-state index is 11.9. The molecule has 198 valence electrons. The minimum atomic E-state index is -1.03. The topological polar surface area (TPSA) is 89.9 Å². The second-order valence-electron chi connectivity index (χ2n) is 9.58. The van der Waals surface area contributed by atoms with Gasteiger partial charge in [0, 0.05) is 51.0 Å². The zero-order chi connectivity index (χ0) is 25.6. The Balaban J connectivity index is 1.29. The molecule has 5 rings (SSSR count). The Labute approximate surface area is 220 Å². The van der Waals surface area contributed by atoms with Crippen molar-refractivity contribution in [3.8, 4) is 17.1 Å². The number of aromatic nitrogens is 3. The van der Waals surface area contributed by atoms with Crippen molar-refractivity contribution in [2.45, 2.75) is 24.9 Å². The normalized spacial score (nSPS) is 20.8. The molecular weight excluding hydrogens is 490 g/mol. The van der Waals surface area contributed by atoms with Gasteiger partial charge in [0.15, 0.2) is 5.52 Å². The highest BCUT2D eigenvalue weighted by Gasteiger charge is 2.24. The van der Waals surface area contributed by atoms with Gasteiger partial charge >= 0.3 is 0 Å². The van der Waals surface area contributed by atoms with Crippen molar-refractivity contribution >= 4 is 22.0 Å². The first-order valence-corrected chi connectivity index (χ1v) is 14.4. The molecule has 2 atom stereocenters. The van der Waals surface area contributed by atoms with Crippen LogP contribution in [0.25, 0.3) is 22.3 Å². The average molecular weight is 526 g/mol. The number of fused-ring (bicyclic) bond motifs is 1. The Morgan fingerprint density at radius 3 is 2.65 bits per heavy atom. The zero-order valence-corrected chi connectivity index (χ0v) is 22.4.